The Morgan fingerprint density at radius 3 is 2.33 bits per heavy atom. The monoisotopic (exact) mass is 394 g/mol. The number of carbonyl (C=O) groups is 2. The number of rotatable bonds is 5. The van der Waals surface area contributed by atoms with E-state index in [1.165, 1.54) is 0 Å². The van der Waals surface area contributed by atoms with Crippen LogP contribution in [0.2, 0.25) is 0 Å². The molecule has 1 atom stereocenters. The van der Waals surface area contributed by atoms with E-state index in [1.807, 2.05) is 19.1 Å². The van der Waals surface area contributed by atoms with Gasteiger partial charge in [-0.25, -0.2) is 4.79 Å². The molecule has 0 saturated carbocycles. The highest BCUT2D eigenvalue weighted by Crippen LogP contribution is 2.14. The fraction of sp³-hybridized carbons (Fsp3) is 0.176. The van der Waals surface area contributed by atoms with Gasteiger partial charge in [0.1, 0.15) is 0 Å². The summed E-state index contributed by atoms with van der Waals surface area (Å²) in [5, 5.41) is 0. The molecule has 0 heterocycles. The van der Waals surface area contributed by atoms with Gasteiger partial charge in [0.05, 0.1) is 5.56 Å². The number of Topliss-reactive ketones (excluding diaryl/α,β-unsaturated/α-hetero) is 1. The van der Waals surface area contributed by atoms with Gasteiger partial charge in [-0.15, -0.1) is 0 Å². The van der Waals surface area contributed by atoms with Crippen molar-refractivity contribution in [3.63, 3.8) is 0 Å². The van der Waals surface area contributed by atoms with Crippen molar-refractivity contribution in [2.75, 3.05) is 0 Å². The van der Waals surface area contributed by atoms with Crippen LogP contribution in [0.4, 0.5) is 0 Å². The molecule has 3 nitrogen and oxygen atoms in total. The number of ether oxygens (including phenoxy) is 1. The molecule has 0 N–H and O–H groups in total. The van der Waals surface area contributed by atoms with E-state index in [1.54, 1.807) is 42.5 Å². The number of benzene rings is 2. The summed E-state index contributed by atoms with van der Waals surface area (Å²) >= 11 is 2.13. The highest BCUT2D eigenvalue weighted by atomic mass is 127. The van der Waals surface area contributed by atoms with Gasteiger partial charge in [0.2, 0.25) is 5.78 Å². The molecule has 0 aliphatic heterocycles. The van der Waals surface area contributed by atoms with Crippen LogP contribution in [0.3, 0.4) is 0 Å². The van der Waals surface area contributed by atoms with Gasteiger partial charge in [0.15, 0.2) is 6.10 Å². The van der Waals surface area contributed by atoms with Gasteiger partial charge in [0.25, 0.3) is 0 Å². The van der Waals surface area contributed by atoms with Gasteiger partial charge in [-0.2, -0.15) is 0 Å². The van der Waals surface area contributed by atoms with Crippen molar-refractivity contribution in [3.8, 4) is 0 Å². The van der Waals surface area contributed by atoms with E-state index >= 15 is 0 Å². The predicted molar refractivity (Wildman–Crippen MR) is 89.4 cm³/mol. The van der Waals surface area contributed by atoms with Crippen LogP contribution in [0.25, 0.3) is 0 Å². The number of esters is 1. The molecule has 2 rings (SSSR count). The van der Waals surface area contributed by atoms with Crippen LogP contribution in [0, 0.1) is 3.57 Å². The number of carbonyl (C=O) groups excluding carboxylic acids is 2. The number of hydrogen-bond acceptors (Lipinski definition) is 3. The molecule has 0 aromatic heterocycles. The summed E-state index contributed by atoms with van der Waals surface area (Å²) in [5.74, 6) is -0.637. The molecule has 4 heteroatoms. The highest BCUT2D eigenvalue weighted by Gasteiger charge is 2.23. The molecule has 21 heavy (non-hydrogen) atoms. The van der Waals surface area contributed by atoms with Crippen molar-refractivity contribution >= 4 is 34.3 Å². The molecule has 0 saturated heterocycles. The first-order chi connectivity index (χ1) is 10.1. The van der Waals surface area contributed by atoms with Gasteiger partial charge < -0.3 is 4.74 Å². The molecule has 2 aromatic rings. The smallest absolute Gasteiger partial charge is 0.338 e. The maximum Gasteiger partial charge on any atom is 0.338 e. The van der Waals surface area contributed by atoms with Gasteiger partial charge in [0, 0.05) is 9.13 Å². The fourth-order valence-corrected chi connectivity index (χ4v) is 2.47. The van der Waals surface area contributed by atoms with E-state index in [0.717, 1.165) is 3.57 Å². The molecule has 2 aromatic carbocycles. The minimum atomic E-state index is -0.752. The summed E-state index contributed by atoms with van der Waals surface area (Å²) in [7, 11) is 0. The van der Waals surface area contributed by atoms with Crippen LogP contribution in [-0.4, -0.2) is 17.9 Å². The topological polar surface area (TPSA) is 43.4 Å². The Labute approximate surface area is 137 Å². The van der Waals surface area contributed by atoms with Crippen LogP contribution in [0.5, 0.6) is 0 Å². The van der Waals surface area contributed by atoms with Gasteiger partial charge in [-0.1, -0.05) is 43.3 Å². The lowest BCUT2D eigenvalue weighted by atomic mass is 10.0. The van der Waals surface area contributed by atoms with Gasteiger partial charge >= 0.3 is 5.97 Å². The first-order valence-corrected chi connectivity index (χ1v) is 7.75. The molecule has 0 spiro atoms. The van der Waals surface area contributed by atoms with E-state index in [4.69, 9.17) is 4.74 Å². The van der Waals surface area contributed by atoms with Crippen molar-refractivity contribution < 1.29 is 14.3 Å². The van der Waals surface area contributed by atoms with Gasteiger partial charge in [-0.3, -0.25) is 4.79 Å². The minimum absolute atomic E-state index is 0.169. The summed E-state index contributed by atoms with van der Waals surface area (Å²) < 4.78 is 6.31. The lowest BCUT2D eigenvalue weighted by Crippen LogP contribution is -2.26. The Balaban J connectivity index is 2.12. The van der Waals surface area contributed by atoms with Gasteiger partial charge in [-0.05, 0) is 47.2 Å². The Hall–Kier alpha value is -1.69. The maximum absolute atomic E-state index is 12.3. The van der Waals surface area contributed by atoms with Crippen molar-refractivity contribution in [2.24, 2.45) is 0 Å². The first kappa shape index (κ1) is 15.7. The second-order valence-corrected chi connectivity index (χ2v) is 5.79. The van der Waals surface area contributed by atoms with E-state index in [-0.39, 0.29) is 5.78 Å². The summed E-state index contributed by atoms with van der Waals surface area (Å²) in [4.78, 5) is 24.5. The Morgan fingerprint density at radius 1 is 1.05 bits per heavy atom. The zero-order chi connectivity index (χ0) is 15.2. The third kappa shape index (κ3) is 4.14. The lowest BCUT2D eigenvalue weighted by molar-refractivity contribution is 0.0277. The Morgan fingerprint density at radius 2 is 1.71 bits per heavy atom. The van der Waals surface area contributed by atoms with Crippen LogP contribution < -0.4 is 0 Å². The van der Waals surface area contributed by atoms with Crippen LogP contribution in [0.15, 0.2) is 54.6 Å². The third-order valence-corrected chi connectivity index (χ3v) is 3.70. The number of halogens is 1. The Bertz CT molecular complexity index is 637. The van der Waals surface area contributed by atoms with Crippen LogP contribution in [-0.2, 0) is 4.74 Å². The largest absolute Gasteiger partial charge is 0.450 e. The molecule has 0 bridgehead atoms. The predicted octanol–water partition coefficient (Wildman–Crippen LogP) is 4.11. The zero-order valence-electron chi connectivity index (χ0n) is 11.6. The summed E-state index contributed by atoms with van der Waals surface area (Å²) in [6, 6.07) is 16.0. The van der Waals surface area contributed by atoms with E-state index in [9.17, 15) is 9.59 Å². The second-order valence-electron chi connectivity index (χ2n) is 4.54. The van der Waals surface area contributed by atoms with Crippen molar-refractivity contribution in [1.29, 1.82) is 0 Å². The number of hydrogen-bond donors (Lipinski definition) is 0. The molecular weight excluding hydrogens is 379 g/mol. The average molecular weight is 394 g/mol. The summed E-state index contributed by atoms with van der Waals surface area (Å²) in [6.45, 7) is 1.83. The maximum atomic E-state index is 12.3. The Kier molecular flexibility index (Phi) is 5.50. The quantitative estimate of drug-likeness (QED) is 0.436. The molecule has 0 aliphatic rings. The standard InChI is InChI=1S/C17H15IO3/c1-2-15(16(19)12-7-4-3-5-8-12)21-17(20)13-9-6-10-14(18)11-13/h3-11,15H,2H2,1H3/t15-/m0/s1. The van der Waals surface area contributed by atoms with E-state index < -0.39 is 12.1 Å². The minimum Gasteiger partial charge on any atom is -0.450 e. The second kappa shape index (κ2) is 7.36. The molecule has 0 fully saturated rings. The molecule has 0 unspecified atom stereocenters. The third-order valence-electron chi connectivity index (χ3n) is 3.03. The summed E-state index contributed by atoms with van der Waals surface area (Å²) in [6.07, 6.45) is -0.304. The van der Waals surface area contributed by atoms with E-state index in [0.29, 0.717) is 17.5 Å². The lowest BCUT2D eigenvalue weighted by Gasteiger charge is -2.15. The van der Waals surface area contributed by atoms with Crippen LogP contribution in [0.1, 0.15) is 34.1 Å². The fourth-order valence-electron chi connectivity index (χ4n) is 1.92. The molecule has 0 aliphatic carbocycles. The average Bonchev–Trinajstić information content (AvgIpc) is 2.52. The first-order valence-electron chi connectivity index (χ1n) is 6.67. The van der Waals surface area contributed by atoms with Crippen LogP contribution >= 0.6 is 22.6 Å². The highest BCUT2D eigenvalue weighted by molar-refractivity contribution is 14.1. The molecular formula is C17H15IO3. The van der Waals surface area contributed by atoms with Crippen molar-refractivity contribution in [1.82, 2.24) is 0 Å². The molecule has 0 radical (unpaired) electrons. The molecule has 0 amide bonds. The van der Waals surface area contributed by atoms with E-state index in [2.05, 4.69) is 22.6 Å². The SMILES string of the molecule is CC[C@H](OC(=O)c1cccc(I)c1)C(=O)c1ccccc1. The van der Waals surface area contributed by atoms with Crippen molar-refractivity contribution in [2.45, 2.75) is 19.4 Å². The number of ketones is 1. The zero-order valence-corrected chi connectivity index (χ0v) is 13.7. The van der Waals surface area contributed by atoms with Crippen molar-refractivity contribution in [3.05, 3.63) is 69.3 Å². The normalized spacial score (nSPS) is 11.7. The summed E-state index contributed by atoms with van der Waals surface area (Å²) in [5.41, 5.74) is 1.01. The molecule has 108 valence electrons.